The van der Waals surface area contributed by atoms with Crippen LogP contribution in [0.3, 0.4) is 0 Å². The first-order chi connectivity index (χ1) is 7.85. The van der Waals surface area contributed by atoms with Gasteiger partial charge in [0.1, 0.15) is 0 Å². The fraction of sp³-hybridized carbons (Fsp3) is 0.615. The van der Waals surface area contributed by atoms with Crippen LogP contribution in [-0.4, -0.2) is 24.2 Å². The van der Waals surface area contributed by atoms with E-state index in [4.69, 9.17) is 4.74 Å². The van der Waals surface area contributed by atoms with Gasteiger partial charge in [-0.05, 0) is 31.7 Å². The lowest BCUT2D eigenvalue weighted by Gasteiger charge is -2.28. The maximum absolute atomic E-state index is 5.19. The van der Waals surface area contributed by atoms with E-state index in [9.17, 15) is 0 Å². The molecule has 2 aliphatic heterocycles. The van der Waals surface area contributed by atoms with Gasteiger partial charge >= 0.3 is 0 Å². The van der Waals surface area contributed by atoms with Crippen molar-refractivity contribution in [2.75, 3.05) is 7.11 Å². The van der Waals surface area contributed by atoms with E-state index in [0.29, 0.717) is 5.92 Å². The van der Waals surface area contributed by atoms with Gasteiger partial charge in [0.15, 0.2) is 0 Å². The summed E-state index contributed by atoms with van der Waals surface area (Å²) in [6.45, 7) is 0. The van der Waals surface area contributed by atoms with E-state index >= 15 is 0 Å². The Balaban J connectivity index is 1.81. The molecule has 0 aliphatic carbocycles. The Hall–Kier alpha value is -1.09. The van der Waals surface area contributed by atoms with E-state index < -0.39 is 0 Å². The molecule has 3 heterocycles. The van der Waals surface area contributed by atoms with Crippen LogP contribution < -0.4 is 10.1 Å². The Morgan fingerprint density at radius 2 is 2.00 bits per heavy atom. The van der Waals surface area contributed by atoms with Crippen molar-refractivity contribution in [2.45, 2.75) is 43.7 Å². The molecule has 86 valence electrons. The minimum absolute atomic E-state index is 0.619. The van der Waals surface area contributed by atoms with Crippen LogP contribution in [0.5, 0.6) is 5.88 Å². The third-order valence-electron chi connectivity index (χ3n) is 3.85. The second-order valence-corrected chi connectivity index (χ2v) is 4.91. The Labute approximate surface area is 96.2 Å². The van der Waals surface area contributed by atoms with Crippen molar-refractivity contribution >= 4 is 0 Å². The molecule has 3 nitrogen and oxygen atoms in total. The molecule has 3 atom stereocenters. The molecule has 0 aromatic carbocycles. The summed E-state index contributed by atoms with van der Waals surface area (Å²) in [7, 11) is 1.68. The number of rotatable bonds is 2. The average Bonchev–Trinajstić information content (AvgIpc) is 2.68. The van der Waals surface area contributed by atoms with E-state index in [0.717, 1.165) is 18.0 Å². The first-order valence-corrected chi connectivity index (χ1v) is 6.12. The second kappa shape index (κ2) is 4.06. The summed E-state index contributed by atoms with van der Waals surface area (Å²) in [4.78, 5) is 4.56. The normalized spacial score (nSPS) is 32.7. The van der Waals surface area contributed by atoms with Gasteiger partial charge < -0.3 is 10.1 Å². The third-order valence-corrected chi connectivity index (χ3v) is 3.85. The largest absolute Gasteiger partial charge is 0.481 e. The monoisotopic (exact) mass is 218 g/mol. The van der Waals surface area contributed by atoms with Crippen molar-refractivity contribution < 1.29 is 4.74 Å². The molecular formula is C13H18N2O. The van der Waals surface area contributed by atoms with Gasteiger partial charge in [-0.2, -0.15) is 0 Å². The van der Waals surface area contributed by atoms with Crippen molar-refractivity contribution in [2.24, 2.45) is 0 Å². The Kier molecular flexibility index (Phi) is 2.56. The molecule has 1 N–H and O–H groups in total. The molecule has 2 fully saturated rings. The highest BCUT2D eigenvalue weighted by atomic mass is 16.5. The molecule has 16 heavy (non-hydrogen) atoms. The van der Waals surface area contributed by atoms with Gasteiger partial charge in [-0.3, -0.25) is 0 Å². The van der Waals surface area contributed by atoms with Gasteiger partial charge in [-0.15, -0.1) is 0 Å². The van der Waals surface area contributed by atoms with Crippen molar-refractivity contribution in [1.29, 1.82) is 0 Å². The molecule has 0 saturated carbocycles. The second-order valence-electron chi connectivity index (χ2n) is 4.91. The van der Waals surface area contributed by atoms with Crippen molar-refractivity contribution in [3.8, 4) is 5.88 Å². The van der Waals surface area contributed by atoms with Crippen molar-refractivity contribution in [3.05, 3.63) is 23.9 Å². The van der Waals surface area contributed by atoms with Gasteiger partial charge in [0.25, 0.3) is 0 Å². The zero-order valence-electron chi connectivity index (χ0n) is 9.65. The number of methoxy groups -OCH3 is 1. The number of fused-ring (bicyclic) bond motifs is 2. The van der Waals surface area contributed by atoms with Crippen LogP contribution in [0.25, 0.3) is 0 Å². The highest BCUT2D eigenvalue weighted by Crippen LogP contribution is 2.36. The van der Waals surface area contributed by atoms with Crippen LogP contribution in [0.2, 0.25) is 0 Å². The molecule has 0 radical (unpaired) electrons. The minimum atomic E-state index is 0.619. The minimum Gasteiger partial charge on any atom is -0.481 e. The standard InChI is InChI=1S/C13H18N2O/c1-16-13-4-2-3-12(15-13)9-7-10-5-6-11(8-9)14-10/h2-4,9-11,14H,5-8H2,1H3/t9?,10-,11+. The van der Waals surface area contributed by atoms with Gasteiger partial charge in [-0.25, -0.2) is 4.98 Å². The van der Waals surface area contributed by atoms with Gasteiger partial charge in [0.05, 0.1) is 7.11 Å². The van der Waals surface area contributed by atoms with E-state index in [1.165, 1.54) is 31.4 Å². The first kappa shape index (κ1) is 10.1. The summed E-state index contributed by atoms with van der Waals surface area (Å²) in [5.41, 5.74) is 1.21. The van der Waals surface area contributed by atoms with Gasteiger partial charge in [-0.1, -0.05) is 6.07 Å². The summed E-state index contributed by atoms with van der Waals surface area (Å²) in [6.07, 6.45) is 5.14. The average molecular weight is 218 g/mol. The van der Waals surface area contributed by atoms with E-state index in [2.05, 4.69) is 16.4 Å². The van der Waals surface area contributed by atoms with Crippen molar-refractivity contribution in [3.63, 3.8) is 0 Å². The smallest absolute Gasteiger partial charge is 0.213 e. The van der Waals surface area contributed by atoms with E-state index in [1.807, 2.05) is 12.1 Å². The zero-order valence-corrected chi connectivity index (χ0v) is 9.65. The van der Waals surface area contributed by atoms with Crippen LogP contribution in [0.1, 0.15) is 37.3 Å². The molecule has 1 aromatic heterocycles. The highest BCUT2D eigenvalue weighted by Gasteiger charge is 2.34. The zero-order chi connectivity index (χ0) is 11.0. The maximum Gasteiger partial charge on any atom is 0.213 e. The predicted molar refractivity (Wildman–Crippen MR) is 62.7 cm³/mol. The summed E-state index contributed by atoms with van der Waals surface area (Å²) in [5, 5.41) is 3.66. The molecule has 3 heteroatoms. The Bertz CT molecular complexity index is 368. The van der Waals surface area contributed by atoms with E-state index in [-0.39, 0.29) is 0 Å². The van der Waals surface area contributed by atoms with E-state index in [1.54, 1.807) is 7.11 Å². The quantitative estimate of drug-likeness (QED) is 0.825. The number of aromatic nitrogens is 1. The summed E-state index contributed by atoms with van der Waals surface area (Å²) in [5.74, 6) is 1.36. The molecule has 3 rings (SSSR count). The van der Waals surface area contributed by atoms with Crippen LogP contribution in [0, 0.1) is 0 Å². The molecule has 2 aliphatic rings. The first-order valence-electron chi connectivity index (χ1n) is 6.12. The molecule has 0 spiro atoms. The highest BCUT2D eigenvalue weighted by molar-refractivity contribution is 5.20. The number of piperidine rings is 1. The maximum atomic E-state index is 5.19. The fourth-order valence-electron chi connectivity index (χ4n) is 3.07. The lowest BCUT2D eigenvalue weighted by atomic mass is 9.89. The van der Waals surface area contributed by atoms with Crippen LogP contribution >= 0.6 is 0 Å². The number of hydrogen-bond acceptors (Lipinski definition) is 3. The van der Waals surface area contributed by atoms with Crippen LogP contribution in [-0.2, 0) is 0 Å². The number of ether oxygens (including phenoxy) is 1. The fourth-order valence-corrected chi connectivity index (χ4v) is 3.07. The number of pyridine rings is 1. The molecule has 1 aromatic rings. The summed E-state index contributed by atoms with van der Waals surface area (Å²) in [6, 6.07) is 7.54. The number of hydrogen-bond donors (Lipinski definition) is 1. The third kappa shape index (κ3) is 1.80. The Morgan fingerprint density at radius 3 is 2.69 bits per heavy atom. The molecular weight excluding hydrogens is 200 g/mol. The predicted octanol–water partition coefficient (Wildman–Crippen LogP) is 2.09. The number of nitrogens with one attached hydrogen (secondary N) is 1. The van der Waals surface area contributed by atoms with Crippen LogP contribution in [0.4, 0.5) is 0 Å². The molecule has 0 amide bonds. The van der Waals surface area contributed by atoms with Gasteiger partial charge in [0.2, 0.25) is 5.88 Å². The SMILES string of the molecule is COc1cccc(C2C[C@H]3CC[C@@H](C2)N3)n1. The van der Waals surface area contributed by atoms with Crippen molar-refractivity contribution in [1.82, 2.24) is 10.3 Å². The Morgan fingerprint density at radius 1 is 1.25 bits per heavy atom. The molecule has 2 saturated heterocycles. The molecule has 1 unspecified atom stereocenters. The molecule has 2 bridgehead atoms. The summed E-state index contributed by atoms with van der Waals surface area (Å²) >= 11 is 0. The topological polar surface area (TPSA) is 34.1 Å². The lowest BCUT2D eigenvalue weighted by Crippen LogP contribution is -2.37. The van der Waals surface area contributed by atoms with Crippen LogP contribution in [0.15, 0.2) is 18.2 Å². The summed E-state index contributed by atoms with van der Waals surface area (Å²) < 4.78 is 5.19. The van der Waals surface area contributed by atoms with Gasteiger partial charge in [0, 0.05) is 29.8 Å². The lowest BCUT2D eigenvalue weighted by molar-refractivity contribution is 0.352. The number of nitrogens with zero attached hydrogens (tertiary/aromatic N) is 1.